The van der Waals surface area contributed by atoms with Gasteiger partial charge in [0.25, 0.3) is 0 Å². The lowest BCUT2D eigenvalue weighted by Gasteiger charge is -2.27. The van der Waals surface area contributed by atoms with Crippen molar-refractivity contribution in [2.24, 2.45) is 0 Å². The smallest absolute Gasteiger partial charge is 0.171 e. The Kier molecular flexibility index (Phi) is 5.14. The molecule has 1 heterocycles. The topological polar surface area (TPSA) is 86.7 Å². The summed E-state index contributed by atoms with van der Waals surface area (Å²) in [6.07, 6.45) is -0.609. The molecule has 0 aliphatic carbocycles. The molecule has 1 aliphatic rings. The van der Waals surface area contributed by atoms with Crippen molar-refractivity contribution >= 4 is 23.1 Å². The first-order valence-electron chi connectivity index (χ1n) is 8.81. The fourth-order valence-electron chi connectivity index (χ4n) is 3.33. The maximum absolute atomic E-state index is 12.8. The minimum Gasteiger partial charge on any atom is -0.496 e. The lowest BCUT2D eigenvalue weighted by Crippen LogP contribution is -2.23. The van der Waals surface area contributed by atoms with E-state index in [2.05, 4.69) is 0 Å². The van der Waals surface area contributed by atoms with E-state index in [-0.39, 0.29) is 46.4 Å². The third-order valence-corrected chi connectivity index (χ3v) is 4.78. The van der Waals surface area contributed by atoms with Crippen LogP contribution in [0.1, 0.15) is 80.3 Å². The van der Waals surface area contributed by atoms with Gasteiger partial charge in [-0.3, -0.25) is 19.2 Å². The maximum atomic E-state index is 12.8. The predicted molar refractivity (Wildman–Crippen MR) is 102 cm³/mol. The van der Waals surface area contributed by atoms with Crippen LogP contribution in [0.4, 0.5) is 0 Å². The van der Waals surface area contributed by atoms with Crippen molar-refractivity contribution in [1.29, 1.82) is 0 Å². The number of carbonyl (C=O) groups is 4. The number of ketones is 4. The number of hydrogen-bond donors (Lipinski definition) is 0. The van der Waals surface area contributed by atoms with Crippen LogP contribution in [0.15, 0.2) is 30.3 Å². The van der Waals surface area contributed by atoms with Gasteiger partial charge in [-0.15, -0.1) is 0 Å². The minimum atomic E-state index is -0.633. The van der Waals surface area contributed by atoms with E-state index in [1.807, 2.05) is 0 Å². The summed E-state index contributed by atoms with van der Waals surface area (Å²) in [6, 6.07) is 7.96. The number of rotatable bonds is 5. The van der Waals surface area contributed by atoms with Gasteiger partial charge in [0.15, 0.2) is 23.1 Å². The Balaban J connectivity index is 2.09. The highest BCUT2D eigenvalue weighted by atomic mass is 16.5. The van der Waals surface area contributed by atoms with Gasteiger partial charge in [-0.1, -0.05) is 6.07 Å². The van der Waals surface area contributed by atoms with Gasteiger partial charge in [0, 0.05) is 11.1 Å². The quantitative estimate of drug-likeness (QED) is 0.729. The largest absolute Gasteiger partial charge is 0.496 e. The Bertz CT molecular complexity index is 1020. The van der Waals surface area contributed by atoms with Gasteiger partial charge in [0.1, 0.15) is 17.6 Å². The van der Waals surface area contributed by atoms with Crippen LogP contribution in [-0.4, -0.2) is 30.2 Å². The summed E-state index contributed by atoms with van der Waals surface area (Å²) in [7, 11) is 1.48. The van der Waals surface area contributed by atoms with Crippen molar-refractivity contribution in [3.63, 3.8) is 0 Å². The number of ether oxygens (including phenoxy) is 2. The van der Waals surface area contributed by atoms with Crippen molar-refractivity contribution in [3.05, 3.63) is 58.1 Å². The third kappa shape index (κ3) is 3.45. The van der Waals surface area contributed by atoms with Crippen LogP contribution < -0.4 is 9.47 Å². The van der Waals surface area contributed by atoms with Crippen LogP contribution in [0.3, 0.4) is 0 Å². The number of methoxy groups -OCH3 is 1. The van der Waals surface area contributed by atoms with Gasteiger partial charge in [-0.2, -0.15) is 0 Å². The number of carbonyl (C=O) groups excluding carboxylic acids is 4. The molecule has 6 heteroatoms. The van der Waals surface area contributed by atoms with E-state index in [0.717, 1.165) is 0 Å². The molecule has 6 nitrogen and oxygen atoms in total. The third-order valence-electron chi connectivity index (χ3n) is 4.78. The lowest BCUT2D eigenvalue weighted by atomic mass is 9.89. The van der Waals surface area contributed by atoms with Gasteiger partial charge >= 0.3 is 0 Å². The summed E-state index contributed by atoms with van der Waals surface area (Å²) < 4.78 is 11.2. The summed E-state index contributed by atoms with van der Waals surface area (Å²) in [5.74, 6) is -0.300. The van der Waals surface area contributed by atoms with Crippen molar-refractivity contribution < 1.29 is 28.7 Å². The number of Topliss-reactive ketones (excluding diaryl/α,β-unsaturated/α-hetero) is 4. The summed E-state index contributed by atoms with van der Waals surface area (Å²) in [5, 5.41) is 0. The summed E-state index contributed by atoms with van der Waals surface area (Å²) >= 11 is 0. The number of hydrogen-bond acceptors (Lipinski definition) is 6. The number of benzene rings is 2. The Morgan fingerprint density at radius 3 is 2.21 bits per heavy atom. The van der Waals surface area contributed by atoms with Crippen LogP contribution in [0.2, 0.25) is 0 Å². The zero-order valence-electron chi connectivity index (χ0n) is 16.1. The van der Waals surface area contributed by atoms with Crippen LogP contribution in [0, 0.1) is 0 Å². The van der Waals surface area contributed by atoms with Crippen LogP contribution in [0.25, 0.3) is 0 Å². The highest BCUT2D eigenvalue weighted by Crippen LogP contribution is 2.38. The molecule has 0 aromatic heterocycles. The second kappa shape index (κ2) is 7.38. The van der Waals surface area contributed by atoms with E-state index in [1.54, 1.807) is 18.2 Å². The van der Waals surface area contributed by atoms with Gasteiger partial charge < -0.3 is 9.47 Å². The van der Waals surface area contributed by atoms with Crippen molar-refractivity contribution in [3.8, 4) is 11.5 Å². The first-order valence-corrected chi connectivity index (χ1v) is 8.81. The van der Waals surface area contributed by atoms with Crippen LogP contribution >= 0.6 is 0 Å². The van der Waals surface area contributed by atoms with E-state index < -0.39 is 6.10 Å². The van der Waals surface area contributed by atoms with Crippen molar-refractivity contribution in [1.82, 2.24) is 0 Å². The van der Waals surface area contributed by atoms with Gasteiger partial charge in [-0.05, 0) is 50.6 Å². The Morgan fingerprint density at radius 2 is 1.64 bits per heavy atom. The standard InChI is InChI=1S/C22H20O6/c1-11(23)15-8-17(13(3)25)22-18(26)10-20(28-21(22)9-15)14-5-6-19(27-4)16(7-14)12(2)24/h5-9,20H,10H2,1-4H3. The highest BCUT2D eigenvalue weighted by molar-refractivity contribution is 6.12. The van der Waals surface area contributed by atoms with Crippen molar-refractivity contribution in [2.45, 2.75) is 33.3 Å². The highest BCUT2D eigenvalue weighted by Gasteiger charge is 2.32. The van der Waals surface area contributed by atoms with Crippen LogP contribution in [0.5, 0.6) is 11.5 Å². The van der Waals surface area contributed by atoms with E-state index in [4.69, 9.17) is 9.47 Å². The molecule has 0 spiro atoms. The van der Waals surface area contributed by atoms with Gasteiger partial charge in [-0.25, -0.2) is 0 Å². The molecule has 0 radical (unpaired) electrons. The second-order valence-corrected chi connectivity index (χ2v) is 6.76. The van der Waals surface area contributed by atoms with Gasteiger partial charge in [0.2, 0.25) is 0 Å². The summed E-state index contributed by atoms with van der Waals surface area (Å²) in [5.41, 5.74) is 1.72. The fourth-order valence-corrected chi connectivity index (χ4v) is 3.33. The average Bonchev–Trinajstić information content (AvgIpc) is 2.66. The molecule has 0 saturated carbocycles. The summed E-state index contributed by atoms with van der Waals surface area (Å²) in [4.78, 5) is 48.5. The van der Waals surface area contributed by atoms with Crippen LogP contribution in [-0.2, 0) is 0 Å². The molecule has 28 heavy (non-hydrogen) atoms. The monoisotopic (exact) mass is 380 g/mol. The zero-order chi connectivity index (χ0) is 20.6. The molecule has 3 rings (SSSR count). The van der Waals surface area contributed by atoms with E-state index in [0.29, 0.717) is 22.4 Å². The lowest BCUT2D eigenvalue weighted by molar-refractivity contribution is 0.0837. The van der Waals surface area contributed by atoms with E-state index in [9.17, 15) is 19.2 Å². The summed E-state index contributed by atoms with van der Waals surface area (Å²) in [6.45, 7) is 4.17. The molecular formula is C22H20O6. The molecule has 144 valence electrons. The molecule has 0 fully saturated rings. The zero-order valence-corrected chi connectivity index (χ0v) is 16.1. The molecule has 1 atom stereocenters. The number of fused-ring (bicyclic) bond motifs is 1. The fraction of sp³-hybridized carbons (Fsp3) is 0.273. The molecule has 0 saturated heterocycles. The predicted octanol–water partition coefficient (Wildman–Crippen LogP) is 4.01. The molecular weight excluding hydrogens is 360 g/mol. The molecule has 0 N–H and O–H groups in total. The molecule has 1 unspecified atom stereocenters. The second-order valence-electron chi connectivity index (χ2n) is 6.76. The van der Waals surface area contributed by atoms with Crippen molar-refractivity contribution in [2.75, 3.05) is 7.11 Å². The molecule has 2 aromatic rings. The van der Waals surface area contributed by atoms with E-state index >= 15 is 0 Å². The Labute approximate surface area is 162 Å². The van der Waals surface area contributed by atoms with E-state index in [1.165, 1.54) is 40.0 Å². The minimum absolute atomic E-state index is 0.0242. The SMILES string of the molecule is COc1ccc(C2CC(=O)c3c(cc(C(C)=O)cc3C(C)=O)O2)cc1C(C)=O. The Hall–Kier alpha value is -3.28. The molecule has 0 bridgehead atoms. The Morgan fingerprint density at radius 1 is 0.964 bits per heavy atom. The first-order chi connectivity index (χ1) is 13.2. The normalized spacial score (nSPS) is 15.4. The maximum Gasteiger partial charge on any atom is 0.171 e. The average molecular weight is 380 g/mol. The first kappa shape index (κ1) is 19.5. The molecule has 2 aromatic carbocycles. The van der Waals surface area contributed by atoms with Gasteiger partial charge in [0.05, 0.1) is 24.7 Å². The molecule has 1 aliphatic heterocycles. The molecule has 0 amide bonds.